The molecule has 1 fully saturated rings. The number of hydrogen-bond donors (Lipinski definition) is 1. The second-order valence-corrected chi connectivity index (χ2v) is 5.76. The van der Waals surface area contributed by atoms with Crippen molar-refractivity contribution in [2.45, 2.75) is 19.4 Å². The maximum atomic E-state index is 5.98. The molecule has 0 aliphatic carbocycles. The molecule has 1 saturated heterocycles. The number of hydrogen-bond acceptors (Lipinski definition) is 5. The van der Waals surface area contributed by atoms with Gasteiger partial charge in [-0.3, -0.25) is 0 Å². The van der Waals surface area contributed by atoms with Gasteiger partial charge in [-0.1, -0.05) is 16.1 Å². The number of piperidine rings is 1. The van der Waals surface area contributed by atoms with Crippen LogP contribution in [-0.2, 0) is 6.54 Å². The van der Waals surface area contributed by atoms with E-state index in [1.54, 1.807) is 0 Å². The van der Waals surface area contributed by atoms with Crippen molar-refractivity contribution >= 4 is 23.1 Å². The molecule has 0 bridgehead atoms. The highest BCUT2D eigenvalue weighted by Crippen LogP contribution is 2.19. The van der Waals surface area contributed by atoms with E-state index in [2.05, 4.69) is 26.9 Å². The molecule has 4 nitrogen and oxygen atoms in total. The number of nitrogens with one attached hydrogen (secondary N) is 1. The monoisotopic (exact) mass is 260 g/mol. The van der Waals surface area contributed by atoms with Gasteiger partial charge in [-0.2, -0.15) is 0 Å². The molecule has 2 heterocycles. The van der Waals surface area contributed by atoms with Crippen molar-refractivity contribution in [3.63, 3.8) is 0 Å². The molecule has 1 atom stereocenters. The third kappa shape index (κ3) is 3.38. The second-order valence-electron chi connectivity index (χ2n) is 4.40. The highest BCUT2D eigenvalue weighted by molar-refractivity contribution is 7.10. The fraction of sp³-hybridized carbons (Fsp3) is 0.800. The summed E-state index contributed by atoms with van der Waals surface area (Å²) < 4.78 is 4.56. The summed E-state index contributed by atoms with van der Waals surface area (Å²) in [5.41, 5.74) is 0.901. The van der Waals surface area contributed by atoms with Crippen molar-refractivity contribution in [3.8, 4) is 0 Å². The van der Waals surface area contributed by atoms with E-state index in [9.17, 15) is 0 Å². The quantitative estimate of drug-likeness (QED) is 0.893. The summed E-state index contributed by atoms with van der Waals surface area (Å²) in [4.78, 5) is 2.28. The van der Waals surface area contributed by atoms with Crippen molar-refractivity contribution in [1.29, 1.82) is 0 Å². The molecular formula is C10H17ClN4S. The number of aromatic nitrogens is 2. The van der Waals surface area contributed by atoms with Gasteiger partial charge in [-0.15, -0.1) is 5.10 Å². The molecule has 0 radical (unpaired) electrons. The van der Waals surface area contributed by atoms with Gasteiger partial charge in [-0.25, -0.2) is 0 Å². The van der Waals surface area contributed by atoms with Gasteiger partial charge in [0.2, 0.25) is 0 Å². The Morgan fingerprint density at radius 2 is 2.50 bits per heavy atom. The number of halogens is 1. The summed E-state index contributed by atoms with van der Waals surface area (Å²) in [7, 11) is 2.12. The van der Waals surface area contributed by atoms with Gasteiger partial charge >= 0.3 is 0 Å². The average Bonchev–Trinajstić information content (AvgIpc) is 2.66. The first kappa shape index (κ1) is 12.2. The second kappa shape index (κ2) is 5.91. The minimum Gasteiger partial charge on any atom is -0.316 e. The zero-order chi connectivity index (χ0) is 11.4. The van der Waals surface area contributed by atoms with Crippen LogP contribution in [0.25, 0.3) is 0 Å². The summed E-state index contributed by atoms with van der Waals surface area (Å²) in [6.07, 6.45) is 2.61. The fourth-order valence-electron chi connectivity index (χ4n) is 2.13. The summed E-state index contributed by atoms with van der Waals surface area (Å²) >= 11 is 7.24. The van der Waals surface area contributed by atoms with E-state index in [4.69, 9.17) is 11.6 Å². The highest BCUT2D eigenvalue weighted by Gasteiger charge is 2.16. The standard InChI is InChI=1S/C10H17ClN4S/c1-15(6-8-3-2-4-12-5-8)7-9-10(11)16-14-13-9/h8,12H,2-7H2,1H3. The lowest BCUT2D eigenvalue weighted by atomic mass is 9.99. The van der Waals surface area contributed by atoms with Crippen LogP contribution in [0.15, 0.2) is 0 Å². The number of rotatable bonds is 4. The van der Waals surface area contributed by atoms with Gasteiger partial charge < -0.3 is 10.2 Å². The van der Waals surface area contributed by atoms with Crippen LogP contribution < -0.4 is 5.32 Å². The van der Waals surface area contributed by atoms with Gasteiger partial charge in [-0.05, 0) is 38.9 Å². The molecule has 0 spiro atoms. The fourth-order valence-corrected chi connectivity index (χ4v) is 2.74. The van der Waals surface area contributed by atoms with Crippen LogP contribution in [0.1, 0.15) is 18.5 Å². The van der Waals surface area contributed by atoms with Gasteiger partial charge in [0, 0.05) is 24.6 Å². The lowest BCUT2D eigenvalue weighted by Gasteiger charge is -2.27. The van der Waals surface area contributed by atoms with Crippen molar-refractivity contribution in [3.05, 3.63) is 10.0 Å². The summed E-state index contributed by atoms with van der Waals surface area (Å²) in [5, 5.41) is 7.46. The smallest absolute Gasteiger partial charge is 0.138 e. The predicted octanol–water partition coefficient (Wildman–Crippen LogP) is 1.62. The Morgan fingerprint density at radius 1 is 1.62 bits per heavy atom. The SMILES string of the molecule is CN(Cc1nnsc1Cl)CC1CCCNC1. The first-order valence-electron chi connectivity index (χ1n) is 5.61. The lowest BCUT2D eigenvalue weighted by molar-refractivity contribution is 0.235. The minimum atomic E-state index is 0.716. The van der Waals surface area contributed by atoms with Crippen molar-refractivity contribution in [2.75, 3.05) is 26.7 Å². The largest absolute Gasteiger partial charge is 0.316 e. The first-order chi connectivity index (χ1) is 7.75. The Bertz CT molecular complexity index is 324. The zero-order valence-corrected chi connectivity index (χ0v) is 11.0. The molecule has 2 rings (SSSR count). The Kier molecular flexibility index (Phi) is 4.52. The molecule has 1 unspecified atom stereocenters. The van der Waals surface area contributed by atoms with Crippen LogP contribution in [0.3, 0.4) is 0 Å². The lowest BCUT2D eigenvalue weighted by Crippen LogP contribution is -2.36. The van der Waals surface area contributed by atoms with Gasteiger partial charge in [0.25, 0.3) is 0 Å². The third-order valence-electron chi connectivity index (χ3n) is 2.90. The van der Waals surface area contributed by atoms with E-state index in [1.165, 1.54) is 30.9 Å². The predicted molar refractivity (Wildman–Crippen MR) is 66.8 cm³/mol. The van der Waals surface area contributed by atoms with Gasteiger partial charge in [0.15, 0.2) is 0 Å². The Morgan fingerprint density at radius 3 is 3.12 bits per heavy atom. The third-order valence-corrected chi connectivity index (χ3v) is 3.88. The summed E-state index contributed by atoms with van der Waals surface area (Å²) in [6, 6.07) is 0. The van der Waals surface area contributed by atoms with Crippen LogP contribution in [-0.4, -0.2) is 41.2 Å². The maximum absolute atomic E-state index is 5.98. The molecule has 1 aliphatic heterocycles. The van der Waals surface area contributed by atoms with Crippen LogP contribution in [0.4, 0.5) is 0 Å². The summed E-state index contributed by atoms with van der Waals surface area (Å²) in [6.45, 7) is 4.20. The van der Waals surface area contributed by atoms with E-state index in [0.717, 1.165) is 31.2 Å². The van der Waals surface area contributed by atoms with Crippen LogP contribution in [0, 0.1) is 5.92 Å². The average molecular weight is 261 g/mol. The summed E-state index contributed by atoms with van der Waals surface area (Å²) in [5.74, 6) is 0.754. The highest BCUT2D eigenvalue weighted by atomic mass is 35.5. The van der Waals surface area contributed by atoms with E-state index in [-0.39, 0.29) is 0 Å². The van der Waals surface area contributed by atoms with E-state index < -0.39 is 0 Å². The van der Waals surface area contributed by atoms with Crippen LogP contribution >= 0.6 is 23.1 Å². The molecule has 16 heavy (non-hydrogen) atoms. The van der Waals surface area contributed by atoms with Gasteiger partial charge in [0.1, 0.15) is 10.0 Å². The van der Waals surface area contributed by atoms with Crippen LogP contribution in [0.5, 0.6) is 0 Å². The zero-order valence-electron chi connectivity index (χ0n) is 9.45. The molecular weight excluding hydrogens is 244 g/mol. The molecule has 0 aromatic carbocycles. The molecule has 90 valence electrons. The van der Waals surface area contributed by atoms with E-state index >= 15 is 0 Å². The van der Waals surface area contributed by atoms with E-state index in [0.29, 0.717) is 4.34 Å². The van der Waals surface area contributed by atoms with Crippen molar-refractivity contribution in [1.82, 2.24) is 19.8 Å². The Hall–Kier alpha value is -0.230. The Balaban J connectivity index is 1.79. The topological polar surface area (TPSA) is 41.1 Å². The molecule has 1 aromatic rings. The normalized spacial score (nSPS) is 21.6. The van der Waals surface area contributed by atoms with E-state index in [1.807, 2.05) is 0 Å². The van der Waals surface area contributed by atoms with Gasteiger partial charge in [0.05, 0.1) is 0 Å². The molecule has 1 N–H and O–H groups in total. The maximum Gasteiger partial charge on any atom is 0.138 e. The molecule has 6 heteroatoms. The molecule has 1 aromatic heterocycles. The molecule has 0 amide bonds. The first-order valence-corrected chi connectivity index (χ1v) is 6.77. The van der Waals surface area contributed by atoms with Crippen molar-refractivity contribution < 1.29 is 0 Å². The van der Waals surface area contributed by atoms with Crippen LogP contribution in [0.2, 0.25) is 4.34 Å². The molecule has 1 aliphatic rings. The van der Waals surface area contributed by atoms with Crippen molar-refractivity contribution in [2.24, 2.45) is 5.92 Å². The number of nitrogens with zero attached hydrogens (tertiary/aromatic N) is 3. The Labute approximate surface area is 105 Å². The minimum absolute atomic E-state index is 0.716. The molecule has 0 saturated carbocycles.